The van der Waals surface area contributed by atoms with Gasteiger partial charge in [-0.25, -0.2) is 9.37 Å². The van der Waals surface area contributed by atoms with Crippen molar-refractivity contribution in [2.45, 2.75) is 63.9 Å². The van der Waals surface area contributed by atoms with E-state index in [1.54, 1.807) is 12.2 Å². The molecule has 0 fully saturated rings. The fraction of sp³-hybridized carbons (Fsp3) is 0.353. The minimum Gasteiger partial charge on any atom is -0.400 e. The number of aldehydes is 1. The van der Waals surface area contributed by atoms with Crippen LogP contribution in [-0.2, 0) is 28.2 Å². The fourth-order valence-electron chi connectivity index (χ4n) is 5.20. The molecule has 2 unspecified atom stereocenters. The Balaban J connectivity index is 0.00000226. The zero-order chi connectivity index (χ0) is 29.7. The summed E-state index contributed by atoms with van der Waals surface area (Å²) in [5.74, 6) is -0.417. The number of halogens is 1. The number of carbonyl (C=O) groups excluding carboxylic acids is 1. The Labute approximate surface area is 242 Å². The number of hydrogen-bond acceptors (Lipinski definition) is 6. The highest BCUT2D eigenvalue weighted by Gasteiger charge is 2.37. The third kappa shape index (κ3) is 8.27. The van der Waals surface area contributed by atoms with Gasteiger partial charge in [0.05, 0.1) is 23.4 Å². The van der Waals surface area contributed by atoms with E-state index in [2.05, 4.69) is 43.1 Å². The summed E-state index contributed by atoms with van der Waals surface area (Å²) in [6.45, 7) is 6.79. The quantitative estimate of drug-likeness (QED) is 0.0889. The Kier molecular flexibility index (Phi) is 12.6. The van der Waals surface area contributed by atoms with Gasteiger partial charge in [-0.1, -0.05) is 49.9 Å². The Morgan fingerprint density at radius 1 is 1.22 bits per heavy atom. The van der Waals surface area contributed by atoms with Gasteiger partial charge in [-0.15, -0.1) is 0 Å². The number of unbranched alkanes of at least 4 members (excludes halogenated alkanes) is 2. The number of aromatic nitrogens is 1. The van der Waals surface area contributed by atoms with Gasteiger partial charge in [-0.2, -0.15) is 0 Å². The van der Waals surface area contributed by atoms with Gasteiger partial charge >= 0.3 is 0 Å². The fourth-order valence-corrected chi connectivity index (χ4v) is 5.20. The number of aryl methyl sites for hydroxylation is 1. The van der Waals surface area contributed by atoms with Crippen molar-refractivity contribution in [1.82, 2.24) is 10.3 Å². The van der Waals surface area contributed by atoms with Crippen molar-refractivity contribution in [2.24, 2.45) is 0 Å². The van der Waals surface area contributed by atoms with Crippen LogP contribution in [0.5, 0.6) is 0 Å². The number of rotatable bonds is 14. The molecule has 3 aromatic rings. The molecule has 0 saturated heterocycles. The van der Waals surface area contributed by atoms with Crippen LogP contribution in [-0.4, -0.2) is 35.1 Å². The predicted molar refractivity (Wildman–Crippen MR) is 163 cm³/mol. The zero-order valence-electron chi connectivity index (χ0n) is 24.0. The maximum Gasteiger partial charge on any atom is 0.131 e. The second-order valence-corrected chi connectivity index (χ2v) is 9.91. The SMILES string of the molecule is C=C/C(F)=C\C=C\c1nc2ccc(C(O)NCCC3(CC)OCc4ccccc43)cc2cc1CCCCC=O.CO. The van der Waals surface area contributed by atoms with Crippen LogP contribution in [0.15, 0.2) is 79.2 Å². The third-order valence-corrected chi connectivity index (χ3v) is 7.44. The zero-order valence-corrected chi connectivity index (χ0v) is 24.0. The summed E-state index contributed by atoms with van der Waals surface area (Å²) < 4.78 is 19.7. The number of allylic oxidation sites excluding steroid dienone is 4. The number of hydrogen-bond donors (Lipinski definition) is 3. The molecule has 2 aromatic carbocycles. The number of nitrogens with one attached hydrogen (secondary N) is 1. The number of nitrogens with zero attached hydrogens (tertiary/aromatic N) is 1. The average Bonchev–Trinajstić information content (AvgIpc) is 3.38. The van der Waals surface area contributed by atoms with Crippen molar-refractivity contribution in [3.63, 3.8) is 0 Å². The molecule has 1 aromatic heterocycles. The second kappa shape index (κ2) is 16.1. The van der Waals surface area contributed by atoms with E-state index in [0.29, 0.717) is 19.6 Å². The van der Waals surface area contributed by atoms with E-state index in [9.17, 15) is 14.3 Å². The molecule has 1 aliphatic rings. The molecule has 0 saturated carbocycles. The second-order valence-electron chi connectivity index (χ2n) is 9.91. The molecule has 7 heteroatoms. The first-order valence-electron chi connectivity index (χ1n) is 14.1. The maximum absolute atomic E-state index is 13.5. The minimum atomic E-state index is -0.831. The van der Waals surface area contributed by atoms with Gasteiger partial charge < -0.3 is 19.7 Å². The summed E-state index contributed by atoms with van der Waals surface area (Å²) in [7, 11) is 1.00. The van der Waals surface area contributed by atoms with Crippen LogP contribution in [0.4, 0.5) is 4.39 Å². The van der Waals surface area contributed by atoms with Gasteiger partial charge in [0.2, 0.25) is 0 Å². The van der Waals surface area contributed by atoms with E-state index in [1.165, 1.54) is 17.2 Å². The maximum atomic E-state index is 13.5. The smallest absolute Gasteiger partial charge is 0.131 e. The van der Waals surface area contributed by atoms with E-state index < -0.39 is 12.1 Å². The summed E-state index contributed by atoms with van der Waals surface area (Å²) >= 11 is 0. The Hall–Kier alpha value is -3.49. The number of benzene rings is 2. The standard InChI is InChI=1S/C33H37FN2O3.CH4O/c1-3-28(34)13-10-15-30-24(11-6-5-9-20-37)21-27-22-25(16-17-31(27)36-30)32(38)35-19-18-33(4-2)29-14-8-7-12-26(29)23-39-33;1-2/h3,7-8,10,12-17,20-22,32,35,38H,1,4-6,9,11,18-19,23H2,2H3;2H,1H3/b15-10+,28-13+;. The molecule has 0 amide bonds. The van der Waals surface area contributed by atoms with Gasteiger partial charge in [0.15, 0.2) is 0 Å². The van der Waals surface area contributed by atoms with Crippen molar-refractivity contribution in [3.05, 3.63) is 107 Å². The number of pyridine rings is 1. The molecule has 6 nitrogen and oxygen atoms in total. The van der Waals surface area contributed by atoms with Crippen molar-refractivity contribution < 1.29 is 24.1 Å². The van der Waals surface area contributed by atoms with Crippen LogP contribution in [0.1, 0.15) is 73.2 Å². The van der Waals surface area contributed by atoms with E-state index in [4.69, 9.17) is 14.8 Å². The first-order valence-corrected chi connectivity index (χ1v) is 14.1. The lowest BCUT2D eigenvalue weighted by atomic mass is 9.87. The molecule has 1 aliphatic heterocycles. The number of carbonyl (C=O) groups is 1. The van der Waals surface area contributed by atoms with Crippen molar-refractivity contribution in [1.29, 1.82) is 0 Å². The number of fused-ring (bicyclic) bond motifs is 2. The van der Waals surface area contributed by atoms with Crippen molar-refractivity contribution in [3.8, 4) is 0 Å². The Morgan fingerprint density at radius 2 is 2.02 bits per heavy atom. The molecule has 4 rings (SSSR count). The van der Waals surface area contributed by atoms with Crippen LogP contribution < -0.4 is 5.32 Å². The minimum absolute atomic E-state index is 0.330. The molecule has 3 N–H and O–H groups in total. The molecule has 2 heterocycles. The number of aliphatic hydroxyl groups is 2. The molecule has 0 spiro atoms. The highest BCUT2D eigenvalue weighted by molar-refractivity contribution is 5.82. The molecule has 2 atom stereocenters. The molecule has 41 heavy (non-hydrogen) atoms. The van der Waals surface area contributed by atoms with Crippen LogP contribution in [0.2, 0.25) is 0 Å². The van der Waals surface area contributed by atoms with Gasteiger partial charge in [-0.05, 0) is 90.8 Å². The lowest BCUT2D eigenvalue weighted by Crippen LogP contribution is -2.31. The highest BCUT2D eigenvalue weighted by atomic mass is 19.1. The van der Waals surface area contributed by atoms with Gasteiger partial charge in [0.1, 0.15) is 18.3 Å². The summed E-state index contributed by atoms with van der Waals surface area (Å²) in [6.07, 6.45) is 10.5. The molecule has 0 radical (unpaired) electrons. The number of aliphatic hydroxyl groups excluding tert-OH is 2. The van der Waals surface area contributed by atoms with E-state index in [-0.39, 0.29) is 5.60 Å². The first kappa shape index (κ1) is 32.0. The molecule has 0 aliphatic carbocycles. The predicted octanol–water partition coefficient (Wildman–Crippen LogP) is 6.61. The molecule has 218 valence electrons. The molecule has 0 bridgehead atoms. The van der Waals surface area contributed by atoms with Crippen LogP contribution in [0.3, 0.4) is 0 Å². The van der Waals surface area contributed by atoms with E-state index in [0.717, 1.165) is 79.3 Å². The molecular weight excluding hydrogens is 519 g/mol. The lowest BCUT2D eigenvalue weighted by molar-refractivity contribution is -0.107. The highest BCUT2D eigenvalue weighted by Crippen LogP contribution is 2.41. The topological polar surface area (TPSA) is 91.7 Å². The van der Waals surface area contributed by atoms with Crippen LogP contribution >= 0.6 is 0 Å². The van der Waals surface area contributed by atoms with Crippen LogP contribution in [0, 0.1) is 0 Å². The van der Waals surface area contributed by atoms with Crippen LogP contribution in [0.25, 0.3) is 17.0 Å². The van der Waals surface area contributed by atoms with E-state index in [1.807, 2.05) is 24.3 Å². The number of ether oxygens (including phenoxy) is 1. The van der Waals surface area contributed by atoms with Crippen molar-refractivity contribution in [2.75, 3.05) is 13.7 Å². The first-order chi connectivity index (χ1) is 20.0. The Morgan fingerprint density at radius 3 is 2.78 bits per heavy atom. The van der Waals surface area contributed by atoms with Gasteiger partial charge in [0.25, 0.3) is 0 Å². The van der Waals surface area contributed by atoms with E-state index >= 15 is 0 Å². The monoisotopic (exact) mass is 560 g/mol. The normalized spacial score (nSPS) is 17.2. The summed E-state index contributed by atoms with van der Waals surface area (Å²) in [4.78, 5) is 15.5. The summed E-state index contributed by atoms with van der Waals surface area (Å²) in [5.41, 5.74) is 5.47. The van der Waals surface area contributed by atoms with Crippen molar-refractivity contribution >= 4 is 23.3 Å². The molecular formula is C34H41FN2O4. The van der Waals surface area contributed by atoms with Gasteiger partial charge in [-0.3, -0.25) is 5.32 Å². The average molecular weight is 561 g/mol. The van der Waals surface area contributed by atoms with Gasteiger partial charge in [0, 0.05) is 25.5 Å². The summed E-state index contributed by atoms with van der Waals surface area (Å²) in [5, 5.41) is 22.1. The summed E-state index contributed by atoms with van der Waals surface area (Å²) in [6, 6.07) is 16.2. The lowest BCUT2D eigenvalue weighted by Gasteiger charge is -2.29. The Bertz CT molecular complexity index is 1370. The third-order valence-electron chi connectivity index (χ3n) is 7.44. The largest absolute Gasteiger partial charge is 0.400 e.